The molecule has 0 bridgehead atoms. The highest BCUT2D eigenvalue weighted by atomic mass is 19.4. The molecule has 0 saturated heterocycles. The molecule has 0 unspecified atom stereocenters. The number of rotatable bonds is 7. The average Bonchev–Trinajstić information content (AvgIpc) is 2.43. The molecule has 0 N–H and O–H groups in total. The van der Waals surface area contributed by atoms with E-state index in [4.69, 9.17) is 0 Å². The van der Waals surface area contributed by atoms with Gasteiger partial charge in [-0.25, -0.2) is 0 Å². The van der Waals surface area contributed by atoms with Crippen LogP contribution in [-0.2, 0) is 17.5 Å². The highest BCUT2D eigenvalue weighted by Gasteiger charge is 2.29. The smallest absolute Gasteiger partial charge is 0.338 e. The second-order valence-corrected chi connectivity index (χ2v) is 5.73. The third-order valence-electron chi connectivity index (χ3n) is 3.33. The van der Waals surface area contributed by atoms with Crippen LogP contribution in [-0.4, -0.2) is 42.4 Å². The molecule has 0 heterocycles. The summed E-state index contributed by atoms with van der Waals surface area (Å²) in [7, 11) is 1.77. The zero-order chi connectivity index (χ0) is 17.6. The van der Waals surface area contributed by atoms with E-state index in [0.29, 0.717) is 19.6 Å². The molecule has 1 amide bonds. The fourth-order valence-corrected chi connectivity index (χ4v) is 2.20. The second-order valence-electron chi connectivity index (χ2n) is 5.73. The number of halogens is 3. The first-order valence-electron chi connectivity index (χ1n) is 7.40. The van der Waals surface area contributed by atoms with Gasteiger partial charge in [-0.05, 0) is 38.6 Å². The summed E-state index contributed by atoms with van der Waals surface area (Å²) in [6.07, 6.45) is -4.33. The lowest BCUT2D eigenvalue weighted by Crippen LogP contribution is -2.39. The molecule has 1 rings (SSSR count). The number of nitrogens with zero attached hydrogens (tertiary/aromatic N) is 2. The molecule has 128 valence electrons. The minimum absolute atomic E-state index is 0.0232. The van der Waals surface area contributed by atoms with Gasteiger partial charge in [0.1, 0.15) is 0 Å². The van der Waals surface area contributed by atoms with Crippen LogP contribution in [0.4, 0.5) is 13.2 Å². The molecular formula is C17H23F3N2O. The van der Waals surface area contributed by atoms with Gasteiger partial charge in [-0.2, -0.15) is 13.2 Å². The van der Waals surface area contributed by atoms with Crippen LogP contribution in [0.5, 0.6) is 0 Å². The van der Waals surface area contributed by atoms with E-state index < -0.39 is 11.7 Å². The number of benzene rings is 1. The highest BCUT2D eigenvalue weighted by Crippen LogP contribution is 2.29. The van der Waals surface area contributed by atoms with Crippen LogP contribution in [0.3, 0.4) is 0 Å². The van der Waals surface area contributed by atoms with Gasteiger partial charge in [-0.15, -0.1) is 0 Å². The van der Waals surface area contributed by atoms with Gasteiger partial charge in [0.05, 0.1) is 12.1 Å². The van der Waals surface area contributed by atoms with E-state index in [1.54, 1.807) is 16.8 Å². The van der Waals surface area contributed by atoms with Gasteiger partial charge < -0.3 is 4.90 Å². The Kier molecular flexibility index (Phi) is 6.81. The third kappa shape index (κ3) is 6.44. The SMILES string of the molecule is C=C(C)CN(CC)C(=O)CN(C)Cc1ccc(C(F)(F)F)cc1. The predicted octanol–water partition coefficient (Wildman–Crippen LogP) is 3.56. The highest BCUT2D eigenvalue weighted by molar-refractivity contribution is 5.78. The standard InChI is InChI=1S/C17H23F3N2O/c1-5-22(10-13(2)3)16(23)12-21(4)11-14-6-8-15(9-7-14)17(18,19)20/h6-9H,2,5,10-12H2,1,3-4H3. The van der Waals surface area contributed by atoms with Gasteiger partial charge in [-0.3, -0.25) is 9.69 Å². The Balaban J connectivity index is 2.60. The van der Waals surface area contributed by atoms with Crippen LogP contribution in [0.1, 0.15) is 25.0 Å². The lowest BCUT2D eigenvalue weighted by atomic mass is 10.1. The maximum Gasteiger partial charge on any atom is 0.416 e. The minimum Gasteiger partial charge on any atom is -0.338 e. The zero-order valence-corrected chi connectivity index (χ0v) is 13.8. The quantitative estimate of drug-likeness (QED) is 0.715. The number of likely N-dealkylation sites (N-methyl/N-ethyl adjacent to an activating group) is 2. The lowest BCUT2D eigenvalue weighted by Gasteiger charge is -2.24. The molecule has 6 heteroatoms. The molecule has 1 aromatic rings. The largest absolute Gasteiger partial charge is 0.416 e. The van der Waals surface area contributed by atoms with Crippen molar-refractivity contribution in [3.63, 3.8) is 0 Å². The predicted molar refractivity (Wildman–Crippen MR) is 84.8 cm³/mol. The molecule has 0 radical (unpaired) electrons. The van der Waals surface area contributed by atoms with E-state index >= 15 is 0 Å². The summed E-state index contributed by atoms with van der Waals surface area (Å²) < 4.78 is 37.6. The van der Waals surface area contributed by atoms with Crippen molar-refractivity contribution >= 4 is 5.91 Å². The molecule has 0 aliphatic heterocycles. The van der Waals surface area contributed by atoms with Crippen LogP contribution < -0.4 is 0 Å². The summed E-state index contributed by atoms with van der Waals surface area (Å²) in [4.78, 5) is 15.7. The Bertz CT molecular complexity index is 538. The molecular weight excluding hydrogens is 305 g/mol. The van der Waals surface area contributed by atoms with Crippen molar-refractivity contribution in [3.8, 4) is 0 Å². The number of carbonyl (C=O) groups excluding carboxylic acids is 1. The van der Waals surface area contributed by atoms with E-state index in [2.05, 4.69) is 6.58 Å². The normalized spacial score (nSPS) is 11.6. The Morgan fingerprint density at radius 1 is 1.17 bits per heavy atom. The Morgan fingerprint density at radius 2 is 1.74 bits per heavy atom. The average molecular weight is 328 g/mol. The topological polar surface area (TPSA) is 23.6 Å². The van der Waals surface area contributed by atoms with E-state index in [1.165, 1.54) is 12.1 Å². The van der Waals surface area contributed by atoms with E-state index in [1.807, 2.05) is 13.8 Å². The Hall–Kier alpha value is -1.82. The fourth-order valence-electron chi connectivity index (χ4n) is 2.20. The number of hydrogen-bond donors (Lipinski definition) is 0. The molecule has 0 saturated carbocycles. The van der Waals surface area contributed by atoms with Crippen molar-refractivity contribution in [2.45, 2.75) is 26.6 Å². The summed E-state index contributed by atoms with van der Waals surface area (Å²) in [6, 6.07) is 5.00. The second kappa shape index (κ2) is 8.15. The summed E-state index contributed by atoms with van der Waals surface area (Å²) in [5.41, 5.74) is 0.973. The first-order chi connectivity index (χ1) is 10.6. The summed E-state index contributed by atoms with van der Waals surface area (Å²) >= 11 is 0. The molecule has 23 heavy (non-hydrogen) atoms. The molecule has 3 nitrogen and oxygen atoms in total. The fraction of sp³-hybridized carbons (Fsp3) is 0.471. The van der Waals surface area contributed by atoms with Crippen LogP contribution in [0.15, 0.2) is 36.4 Å². The molecule has 0 spiro atoms. The first kappa shape index (κ1) is 19.2. The van der Waals surface area contributed by atoms with E-state index in [0.717, 1.165) is 23.3 Å². The molecule has 0 fully saturated rings. The maximum absolute atomic E-state index is 12.5. The van der Waals surface area contributed by atoms with E-state index in [-0.39, 0.29) is 12.5 Å². The van der Waals surface area contributed by atoms with Crippen LogP contribution >= 0.6 is 0 Å². The first-order valence-corrected chi connectivity index (χ1v) is 7.40. The zero-order valence-electron chi connectivity index (χ0n) is 13.8. The molecule has 1 aromatic carbocycles. The van der Waals surface area contributed by atoms with Gasteiger partial charge in [-0.1, -0.05) is 24.3 Å². The third-order valence-corrected chi connectivity index (χ3v) is 3.33. The Labute approximate surface area is 135 Å². The van der Waals surface area contributed by atoms with Crippen molar-refractivity contribution in [2.24, 2.45) is 0 Å². The van der Waals surface area contributed by atoms with Gasteiger partial charge in [0.25, 0.3) is 0 Å². The number of hydrogen-bond acceptors (Lipinski definition) is 2. The lowest BCUT2D eigenvalue weighted by molar-refractivity contribution is -0.137. The number of amides is 1. The van der Waals surface area contributed by atoms with Crippen molar-refractivity contribution in [1.82, 2.24) is 9.80 Å². The van der Waals surface area contributed by atoms with Crippen LogP contribution in [0, 0.1) is 0 Å². The summed E-state index contributed by atoms with van der Waals surface area (Å²) in [5, 5.41) is 0. The molecule has 0 aliphatic carbocycles. The number of alkyl halides is 3. The van der Waals surface area contributed by atoms with Crippen molar-refractivity contribution in [2.75, 3.05) is 26.7 Å². The van der Waals surface area contributed by atoms with Crippen LogP contribution in [0.25, 0.3) is 0 Å². The summed E-state index contributed by atoms with van der Waals surface area (Å²) in [5.74, 6) is -0.0232. The molecule has 0 aromatic heterocycles. The van der Waals surface area contributed by atoms with E-state index in [9.17, 15) is 18.0 Å². The van der Waals surface area contributed by atoms with Gasteiger partial charge in [0.2, 0.25) is 5.91 Å². The van der Waals surface area contributed by atoms with Gasteiger partial charge in [0.15, 0.2) is 0 Å². The van der Waals surface area contributed by atoms with Crippen molar-refractivity contribution in [1.29, 1.82) is 0 Å². The van der Waals surface area contributed by atoms with Crippen molar-refractivity contribution < 1.29 is 18.0 Å². The minimum atomic E-state index is -4.33. The maximum atomic E-state index is 12.5. The van der Waals surface area contributed by atoms with Crippen LogP contribution in [0.2, 0.25) is 0 Å². The summed E-state index contributed by atoms with van der Waals surface area (Å²) in [6.45, 7) is 9.30. The van der Waals surface area contributed by atoms with Gasteiger partial charge in [0, 0.05) is 19.6 Å². The van der Waals surface area contributed by atoms with Gasteiger partial charge >= 0.3 is 6.18 Å². The molecule has 0 aliphatic rings. The Morgan fingerprint density at radius 3 is 2.17 bits per heavy atom. The monoisotopic (exact) mass is 328 g/mol. The van der Waals surface area contributed by atoms with Crippen molar-refractivity contribution in [3.05, 3.63) is 47.5 Å². The number of carbonyl (C=O) groups is 1. The molecule has 0 atom stereocenters.